The molecular weight excluding hydrogens is 256 g/mol. The van der Waals surface area contributed by atoms with Gasteiger partial charge in [0, 0.05) is 25.5 Å². The standard InChI is InChI=1S/C14H18N4O2/c1-9-7-11(20-17-9)8-12(19)16-13(10-3-4-10)14-15-5-6-18(14)2/h5-7,10,13H,3-4,8H2,1-2H3,(H,16,19)/t13-/m1/s1. The maximum Gasteiger partial charge on any atom is 0.228 e. The van der Waals surface area contributed by atoms with Crippen LogP contribution in [0.2, 0.25) is 0 Å². The van der Waals surface area contributed by atoms with Gasteiger partial charge in [-0.25, -0.2) is 4.98 Å². The first-order valence-corrected chi connectivity index (χ1v) is 6.82. The molecule has 1 aliphatic rings. The number of amides is 1. The Kier molecular flexibility index (Phi) is 3.30. The van der Waals surface area contributed by atoms with Crippen LogP contribution in [0.3, 0.4) is 0 Å². The normalized spacial score (nSPS) is 16.1. The summed E-state index contributed by atoms with van der Waals surface area (Å²) in [6.45, 7) is 1.84. The van der Waals surface area contributed by atoms with Crippen molar-refractivity contribution in [3.8, 4) is 0 Å². The summed E-state index contributed by atoms with van der Waals surface area (Å²) in [5.41, 5.74) is 0.788. The second-order valence-corrected chi connectivity index (χ2v) is 5.39. The van der Waals surface area contributed by atoms with Gasteiger partial charge in [-0.1, -0.05) is 5.16 Å². The number of nitrogens with zero attached hydrogens (tertiary/aromatic N) is 3. The van der Waals surface area contributed by atoms with Crippen molar-refractivity contribution in [2.24, 2.45) is 13.0 Å². The Morgan fingerprint density at radius 1 is 1.60 bits per heavy atom. The van der Waals surface area contributed by atoms with Gasteiger partial charge < -0.3 is 14.4 Å². The van der Waals surface area contributed by atoms with E-state index in [-0.39, 0.29) is 18.4 Å². The van der Waals surface area contributed by atoms with Gasteiger partial charge >= 0.3 is 0 Å². The predicted octanol–water partition coefficient (Wildman–Crippen LogP) is 1.53. The Bertz CT molecular complexity index is 612. The zero-order chi connectivity index (χ0) is 14.1. The number of hydrogen-bond donors (Lipinski definition) is 1. The summed E-state index contributed by atoms with van der Waals surface area (Å²) >= 11 is 0. The van der Waals surface area contributed by atoms with E-state index in [0.717, 1.165) is 24.4 Å². The van der Waals surface area contributed by atoms with E-state index >= 15 is 0 Å². The second kappa shape index (κ2) is 5.11. The summed E-state index contributed by atoms with van der Waals surface area (Å²) in [4.78, 5) is 16.5. The van der Waals surface area contributed by atoms with Gasteiger partial charge in [0.25, 0.3) is 0 Å². The molecule has 0 unspecified atom stereocenters. The van der Waals surface area contributed by atoms with Gasteiger partial charge in [0.1, 0.15) is 11.6 Å². The maximum absolute atomic E-state index is 12.1. The largest absolute Gasteiger partial charge is 0.361 e. The van der Waals surface area contributed by atoms with Gasteiger partial charge in [0.2, 0.25) is 5.91 Å². The molecule has 2 aromatic heterocycles. The van der Waals surface area contributed by atoms with E-state index in [2.05, 4.69) is 15.5 Å². The number of carbonyl (C=O) groups excluding carboxylic acids is 1. The van der Waals surface area contributed by atoms with Gasteiger partial charge in [-0.05, 0) is 25.7 Å². The van der Waals surface area contributed by atoms with Crippen molar-refractivity contribution >= 4 is 5.91 Å². The zero-order valence-corrected chi connectivity index (χ0v) is 11.7. The van der Waals surface area contributed by atoms with Gasteiger partial charge in [-0.2, -0.15) is 0 Å². The fourth-order valence-corrected chi connectivity index (χ4v) is 2.38. The van der Waals surface area contributed by atoms with Gasteiger partial charge in [-0.3, -0.25) is 4.79 Å². The molecule has 2 heterocycles. The van der Waals surface area contributed by atoms with Crippen LogP contribution in [0, 0.1) is 12.8 Å². The van der Waals surface area contributed by atoms with Crippen LogP contribution in [0.15, 0.2) is 23.0 Å². The third kappa shape index (κ3) is 2.74. The van der Waals surface area contributed by atoms with E-state index in [9.17, 15) is 4.79 Å². The van der Waals surface area contributed by atoms with Crippen LogP contribution >= 0.6 is 0 Å². The average molecular weight is 274 g/mol. The van der Waals surface area contributed by atoms with E-state index in [1.807, 2.05) is 24.7 Å². The Labute approximate surface area is 117 Å². The molecule has 6 nitrogen and oxygen atoms in total. The van der Waals surface area contributed by atoms with E-state index in [0.29, 0.717) is 11.7 Å². The SMILES string of the molecule is Cc1cc(CC(=O)N[C@@H](c2nccn2C)C2CC2)on1. The lowest BCUT2D eigenvalue weighted by Gasteiger charge is -2.17. The second-order valence-electron chi connectivity index (χ2n) is 5.39. The molecule has 0 bridgehead atoms. The summed E-state index contributed by atoms with van der Waals surface area (Å²) in [6.07, 6.45) is 6.15. The third-order valence-corrected chi connectivity index (χ3v) is 3.56. The van der Waals surface area contributed by atoms with E-state index in [1.165, 1.54) is 0 Å². The molecule has 0 aromatic carbocycles. The van der Waals surface area contributed by atoms with Gasteiger partial charge in [0.05, 0.1) is 18.2 Å². The van der Waals surface area contributed by atoms with Crippen molar-refractivity contribution in [3.63, 3.8) is 0 Å². The number of imidazole rings is 1. The molecule has 1 fully saturated rings. The van der Waals surface area contributed by atoms with Crippen LogP contribution in [0.4, 0.5) is 0 Å². The lowest BCUT2D eigenvalue weighted by molar-refractivity contribution is -0.121. The summed E-state index contributed by atoms with van der Waals surface area (Å²) in [6, 6.07) is 1.78. The first kappa shape index (κ1) is 12.9. The van der Waals surface area contributed by atoms with Crippen LogP contribution in [-0.4, -0.2) is 20.6 Å². The molecular formula is C14H18N4O2. The van der Waals surface area contributed by atoms with Crippen LogP contribution in [0.1, 0.15) is 36.2 Å². The fraction of sp³-hybridized carbons (Fsp3) is 0.500. The summed E-state index contributed by atoms with van der Waals surface area (Å²) in [5, 5.41) is 6.86. The lowest BCUT2D eigenvalue weighted by atomic mass is 10.1. The fourth-order valence-electron chi connectivity index (χ4n) is 2.38. The number of hydrogen-bond acceptors (Lipinski definition) is 4. The van der Waals surface area contributed by atoms with Crippen LogP contribution in [-0.2, 0) is 18.3 Å². The molecule has 20 heavy (non-hydrogen) atoms. The highest BCUT2D eigenvalue weighted by atomic mass is 16.5. The molecule has 2 aromatic rings. The molecule has 106 valence electrons. The molecule has 3 rings (SSSR count). The van der Waals surface area contributed by atoms with Crippen LogP contribution < -0.4 is 5.32 Å². The Morgan fingerprint density at radius 3 is 2.95 bits per heavy atom. The van der Waals surface area contributed by atoms with Crippen molar-refractivity contribution in [3.05, 3.63) is 35.7 Å². The molecule has 0 radical (unpaired) electrons. The summed E-state index contributed by atoms with van der Waals surface area (Å²) in [5.74, 6) is 1.95. The van der Waals surface area contributed by atoms with Crippen molar-refractivity contribution in [1.29, 1.82) is 0 Å². The minimum atomic E-state index is -0.0546. The lowest BCUT2D eigenvalue weighted by Crippen LogP contribution is -2.32. The molecule has 1 N–H and O–H groups in total. The van der Waals surface area contributed by atoms with Crippen LogP contribution in [0.5, 0.6) is 0 Å². The minimum absolute atomic E-state index is 0.00785. The highest BCUT2D eigenvalue weighted by molar-refractivity contribution is 5.78. The molecule has 0 aliphatic heterocycles. The molecule has 1 saturated carbocycles. The van der Waals surface area contributed by atoms with E-state index in [4.69, 9.17) is 4.52 Å². The molecule has 1 aliphatic carbocycles. The molecule has 0 saturated heterocycles. The van der Waals surface area contributed by atoms with Crippen molar-refractivity contribution < 1.29 is 9.32 Å². The first-order chi connectivity index (χ1) is 9.63. The highest BCUT2D eigenvalue weighted by Crippen LogP contribution is 2.40. The van der Waals surface area contributed by atoms with Crippen molar-refractivity contribution in [1.82, 2.24) is 20.0 Å². The maximum atomic E-state index is 12.1. The van der Waals surface area contributed by atoms with Crippen molar-refractivity contribution in [2.75, 3.05) is 0 Å². The molecule has 6 heteroatoms. The van der Waals surface area contributed by atoms with E-state index < -0.39 is 0 Å². The predicted molar refractivity (Wildman–Crippen MR) is 71.8 cm³/mol. The number of rotatable bonds is 5. The molecule has 1 atom stereocenters. The third-order valence-electron chi connectivity index (χ3n) is 3.56. The first-order valence-electron chi connectivity index (χ1n) is 6.82. The Balaban J connectivity index is 1.68. The van der Waals surface area contributed by atoms with Gasteiger partial charge in [-0.15, -0.1) is 0 Å². The summed E-state index contributed by atoms with van der Waals surface area (Å²) < 4.78 is 7.04. The monoisotopic (exact) mass is 274 g/mol. The Morgan fingerprint density at radius 2 is 2.40 bits per heavy atom. The quantitative estimate of drug-likeness (QED) is 0.897. The number of nitrogens with one attached hydrogen (secondary N) is 1. The molecule has 1 amide bonds. The smallest absolute Gasteiger partial charge is 0.228 e. The topological polar surface area (TPSA) is 73.0 Å². The van der Waals surface area contributed by atoms with Crippen LogP contribution in [0.25, 0.3) is 0 Å². The average Bonchev–Trinajstić information content (AvgIpc) is 3.04. The minimum Gasteiger partial charge on any atom is -0.361 e. The van der Waals surface area contributed by atoms with Crippen molar-refractivity contribution in [2.45, 2.75) is 32.2 Å². The number of aromatic nitrogens is 3. The molecule has 0 spiro atoms. The van der Waals surface area contributed by atoms with E-state index in [1.54, 1.807) is 12.3 Å². The number of carbonyl (C=O) groups is 1. The zero-order valence-electron chi connectivity index (χ0n) is 11.7. The number of aryl methyl sites for hydroxylation is 2. The summed E-state index contributed by atoms with van der Waals surface area (Å²) in [7, 11) is 1.95. The van der Waals surface area contributed by atoms with Gasteiger partial charge in [0.15, 0.2) is 0 Å². The highest BCUT2D eigenvalue weighted by Gasteiger charge is 2.35. The Hall–Kier alpha value is -2.11.